The van der Waals surface area contributed by atoms with Gasteiger partial charge in [0.25, 0.3) is 0 Å². The van der Waals surface area contributed by atoms with E-state index in [0.717, 1.165) is 18.8 Å². The van der Waals surface area contributed by atoms with Gasteiger partial charge in [-0.2, -0.15) is 11.8 Å². The van der Waals surface area contributed by atoms with Crippen LogP contribution in [0, 0.1) is 0 Å². The molecular formula is C14H20O2S. The molecule has 0 bridgehead atoms. The standard InChI is InChI=1S/C14H20O2S/c1-13(2)15-10-9-14(16-13,11-17-3)12-7-5-4-6-8-12/h4-8H,9-11H2,1-3H3. The molecule has 0 spiro atoms. The van der Waals surface area contributed by atoms with E-state index in [2.05, 4.69) is 30.5 Å². The highest BCUT2D eigenvalue weighted by atomic mass is 32.2. The molecule has 1 aliphatic heterocycles. The number of benzene rings is 1. The lowest BCUT2D eigenvalue weighted by atomic mass is 9.91. The molecule has 1 unspecified atom stereocenters. The van der Waals surface area contributed by atoms with Crippen molar-refractivity contribution in [2.45, 2.75) is 31.7 Å². The van der Waals surface area contributed by atoms with Gasteiger partial charge >= 0.3 is 0 Å². The van der Waals surface area contributed by atoms with E-state index in [4.69, 9.17) is 9.47 Å². The Bertz CT molecular complexity index is 360. The van der Waals surface area contributed by atoms with Crippen molar-refractivity contribution in [1.82, 2.24) is 0 Å². The van der Waals surface area contributed by atoms with Crippen molar-refractivity contribution < 1.29 is 9.47 Å². The summed E-state index contributed by atoms with van der Waals surface area (Å²) in [5.74, 6) is 0.466. The number of hydrogen-bond donors (Lipinski definition) is 0. The van der Waals surface area contributed by atoms with Gasteiger partial charge in [-0.3, -0.25) is 0 Å². The van der Waals surface area contributed by atoms with Gasteiger partial charge in [-0.05, 0) is 25.7 Å². The first-order chi connectivity index (χ1) is 8.08. The van der Waals surface area contributed by atoms with Crippen molar-refractivity contribution in [3.8, 4) is 0 Å². The number of thioether (sulfide) groups is 1. The number of rotatable bonds is 3. The summed E-state index contributed by atoms with van der Waals surface area (Å²) in [6, 6.07) is 10.5. The van der Waals surface area contributed by atoms with E-state index in [1.165, 1.54) is 5.56 Å². The Kier molecular flexibility index (Phi) is 3.81. The van der Waals surface area contributed by atoms with Crippen LogP contribution in [-0.2, 0) is 15.1 Å². The Morgan fingerprint density at radius 3 is 2.53 bits per heavy atom. The molecule has 0 aliphatic carbocycles. The minimum atomic E-state index is -0.496. The second-order valence-electron chi connectivity index (χ2n) is 4.89. The van der Waals surface area contributed by atoms with Gasteiger partial charge in [0.2, 0.25) is 0 Å². The quantitative estimate of drug-likeness (QED) is 0.821. The van der Waals surface area contributed by atoms with Gasteiger partial charge in [0.15, 0.2) is 5.79 Å². The van der Waals surface area contributed by atoms with Crippen LogP contribution in [0.5, 0.6) is 0 Å². The van der Waals surface area contributed by atoms with Crippen LogP contribution < -0.4 is 0 Å². The number of hydrogen-bond acceptors (Lipinski definition) is 3. The molecule has 1 aromatic carbocycles. The maximum Gasteiger partial charge on any atom is 0.163 e. The van der Waals surface area contributed by atoms with E-state index in [1.807, 2.05) is 31.7 Å². The van der Waals surface area contributed by atoms with Crippen molar-refractivity contribution in [3.63, 3.8) is 0 Å². The van der Waals surface area contributed by atoms with E-state index in [0.29, 0.717) is 0 Å². The molecule has 0 N–H and O–H groups in total. The molecule has 0 saturated carbocycles. The molecule has 2 nitrogen and oxygen atoms in total. The topological polar surface area (TPSA) is 18.5 Å². The van der Waals surface area contributed by atoms with Crippen LogP contribution in [0.2, 0.25) is 0 Å². The first kappa shape index (κ1) is 12.9. The van der Waals surface area contributed by atoms with Crippen molar-refractivity contribution >= 4 is 11.8 Å². The molecule has 2 rings (SSSR count). The highest BCUT2D eigenvalue weighted by Crippen LogP contribution is 2.40. The summed E-state index contributed by atoms with van der Waals surface area (Å²) < 4.78 is 11.9. The minimum absolute atomic E-state index is 0.206. The van der Waals surface area contributed by atoms with Gasteiger partial charge in [0.1, 0.15) is 5.60 Å². The smallest absolute Gasteiger partial charge is 0.163 e. The lowest BCUT2D eigenvalue weighted by Gasteiger charge is -2.45. The maximum absolute atomic E-state index is 6.24. The normalized spacial score (nSPS) is 27.9. The van der Waals surface area contributed by atoms with Crippen LogP contribution in [0.15, 0.2) is 30.3 Å². The molecule has 1 fully saturated rings. The van der Waals surface area contributed by atoms with Gasteiger partial charge in [-0.15, -0.1) is 0 Å². The first-order valence-electron chi connectivity index (χ1n) is 5.97. The van der Waals surface area contributed by atoms with Crippen molar-refractivity contribution in [2.24, 2.45) is 0 Å². The Labute approximate surface area is 108 Å². The highest BCUT2D eigenvalue weighted by Gasteiger charge is 2.42. The average Bonchev–Trinajstić information content (AvgIpc) is 2.29. The van der Waals surface area contributed by atoms with Crippen LogP contribution in [0.1, 0.15) is 25.8 Å². The molecule has 1 aromatic rings. The molecule has 17 heavy (non-hydrogen) atoms. The van der Waals surface area contributed by atoms with Gasteiger partial charge in [0, 0.05) is 12.2 Å². The Hall–Kier alpha value is -0.510. The molecule has 0 aromatic heterocycles. The third kappa shape index (κ3) is 2.84. The summed E-state index contributed by atoms with van der Waals surface area (Å²) in [6.45, 7) is 4.73. The zero-order valence-electron chi connectivity index (χ0n) is 10.7. The molecular weight excluding hydrogens is 232 g/mol. The van der Waals surface area contributed by atoms with Gasteiger partial charge in [-0.25, -0.2) is 0 Å². The van der Waals surface area contributed by atoms with Crippen LogP contribution in [0.4, 0.5) is 0 Å². The van der Waals surface area contributed by atoms with Crippen molar-refractivity contribution in [3.05, 3.63) is 35.9 Å². The summed E-state index contributed by atoms with van der Waals surface area (Å²) in [5.41, 5.74) is 1.05. The summed E-state index contributed by atoms with van der Waals surface area (Å²) in [6.07, 6.45) is 3.04. The summed E-state index contributed by atoms with van der Waals surface area (Å²) in [5, 5.41) is 0. The zero-order valence-corrected chi connectivity index (χ0v) is 11.5. The third-order valence-electron chi connectivity index (χ3n) is 3.07. The van der Waals surface area contributed by atoms with E-state index in [-0.39, 0.29) is 5.60 Å². The van der Waals surface area contributed by atoms with Gasteiger partial charge < -0.3 is 9.47 Å². The van der Waals surface area contributed by atoms with E-state index < -0.39 is 5.79 Å². The largest absolute Gasteiger partial charge is 0.350 e. The van der Waals surface area contributed by atoms with Crippen LogP contribution in [-0.4, -0.2) is 24.4 Å². The highest BCUT2D eigenvalue weighted by molar-refractivity contribution is 7.98. The monoisotopic (exact) mass is 252 g/mol. The third-order valence-corrected chi connectivity index (χ3v) is 3.83. The average molecular weight is 252 g/mol. The van der Waals surface area contributed by atoms with Crippen molar-refractivity contribution in [2.75, 3.05) is 18.6 Å². The molecule has 94 valence electrons. The molecule has 1 aliphatic rings. The van der Waals surface area contributed by atoms with Crippen LogP contribution >= 0.6 is 11.8 Å². The molecule has 0 radical (unpaired) electrons. The van der Waals surface area contributed by atoms with Crippen molar-refractivity contribution in [1.29, 1.82) is 0 Å². The fourth-order valence-corrected chi connectivity index (χ4v) is 3.21. The predicted octanol–water partition coefficient (Wildman–Crippen LogP) is 3.42. The Balaban J connectivity index is 2.32. The molecule has 1 heterocycles. The fraction of sp³-hybridized carbons (Fsp3) is 0.571. The summed E-state index contributed by atoms with van der Waals surface area (Å²) in [4.78, 5) is 0. The lowest BCUT2D eigenvalue weighted by Crippen LogP contribution is -2.48. The van der Waals surface area contributed by atoms with Crippen LogP contribution in [0.3, 0.4) is 0 Å². The SMILES string of the molecule is CSCC1(c2ccccc2)CCOC(C)(C)O1. The molecule has 0 amide bonds. The van der Waals surface area contributed by atoms with E-state index >= 15 is 0 Å². The second-order valence-corrected chi connectivity index (χ2v) is 5.76. The molecule has 1 saturated heterocycles. The van der Waals surface area contributed by atoms with E-state index in [1.54, 1.807) is 0 Å². The molecule has 1 atom stereocenters. The first-order valence-corrected chi connectivity index (χ1v) is 7.36. The van der Waals surface area contributed by atoms with Gasteiger partial charge in [-0.1, -0.05) is 30.3 Å². The van der Waals surface area contributed by atoms with E-state index in [9.17, 15) is 0 Å². The lowest BCUT2D eigenvalue weighted by molar-refractivity contribution is -0.308. The Morgan fingerprint density at radius 2 is 1.94 bits per heavy atom. The molecule has 3 heteroatoms. The predicted molar refractivity (Wildman–Crippen MR) is 72.2 cm³/mol. The maximum atomic E-state index is 6.24. The summed E-state index contributed by atoms with van der Waals surface area (Å²) in [7, 11) is 0. The van der Waals surface area contributed by atoms with Crippen LogP contribution in [0.25, 0.3) is 0 Å². The minimum Gasteiger partial charge on any atom is -0.350 e. The fourth-order valence-electron chi connectivity index (χ4n) is 2.38. The second kappa shape index (κ2) is 5.01. The zero-order chi connectivity index (χ0) is 12.4. The van der Waals surface area contributed by atoms with Gasteiger partial charge in [0.05, 0.1) is 6.61 Å². The summed E-state index contributed by atoms with van der Waals surface area (Å²) >= 11 is 1.82. The Morgan fingerprint density at radius 1 is 1.24 bits per heavy atom. The number of ether oxygens (including phenoxy) is 2.